The topological polar surface area (TPSA) is 52.6 Å². The summed E-state index contributed by atoms with van der Waals surface area (Å²) in [5, 5.41) is 12.8. The summed E-state index contributed by atoms with van der Waals surface area (Å²) in [6.45, 7) is 3.64. The number of aliphatic hydroxyl groups excluding tert-OH is 1. The van der Waals surface area contributed by atoms with Crippen molar-refractivity contribution in [1.29, 1.82) is 0 Å². The molecule has 0 spiro atoms. The van der Waals surface area contributed by atoms with E-state index < -0.39 is 0 Å². The highest BCUT2D eigenvalue weighted by molar-refractivity contribution is 5.79. The maximum Gasteiger partial charge on any atom is 0.324 e. The van der Waals surface area contributed by atoms with Crippen molar-refractivity contribution >= 4 is 6.03 Å². The third kappa shape index (κ3) is 1.68. The molecule has 15 heavy (non-hydrogen) atoms. The average Bonchev–Trinajstić information content (AvgIpc) is 2.52. The number of hydrogen-bond donors (Lipinski definition) is 2. The van der Waals surface area contributed by atoms with Crippen LogP contribution in [0.4, 0.5) is 4.79 Å². The zero-order valence-electron chi connectivity index (χ0n) is 9.29. The Labute approximate surface area is 90.0 Å². The van der Waals surface area contributed by atoms with Crippen molar-refractivity contribution in [2.75, 3.05) is 0 Å². The van der Waals surface area contributed by atoms with E-state index in [1.165, 1.54) is 11.3 Å². The lowest BCUT2D eigenvalue weighted by Crippen LogP contribution is -2.38. The fraction of sp³-hybridized carbons (Fsp3) is 0.727. The minimum atomic E-state index is -0.148. The van der Waals surface area contributed by atoms with Gasteiger partial charge in [0.15, 0.2) is 5.88 Å². The van der Waals surface area contributed by atoms with E-state index in [2.05, 4.69) is 5.32 Å². The van der Waals surface area contributed by atoms with Gasteiger partial charge in [0, 0.05) is 0 Å². The molecule has 1 aliphatic carbocycles. The van der Waals surface area contributed by atoms with Gasteiger partial charge in [-0.15, -0.1) is 0 Å². The second-order valence-electron chi connectivity index (χ2n) is 4.60. The summed E-state index contributed by atoms with van der Waals surface area (Å²) >= 11 is 0. The van der Waals surface area contributed by atoms with Gasteiger partial charge in [0.2, 0.25) is 0 Å². The molecule has 0 aromatic heterocycles. The van der Waals surface area contributed by atoms with E-state index in [4.69, 9.17) is 0 Å². The van der Waals surface area contributed by atoms with Crippen molar-refractivity contribution in [1.82, 2.24) is 10.2 Å². The number of hydrogen-bond acceptors (Lipinski definition) is 2. The summed E-state index contributed by atoms with van der Waals surface area (Å²) in [6.07, 6.45) is 4.33. The molecule has 0 aromatic carbocycles. The molecule has 1 aliphatic heterocycles. The zero-order valence-corrected chi connectivity index (χ0v) is 9.29. The second kappa shape index (κ2) is 3.76. The molecule has 2 aliphatic rings. The standard InChI is InChI=1S/C11H18N2O2/c1-7(2)10(14)13-9-6-4-3-5-8(9)12-11(13)15/h8-9,14H,3-6H2,1-2H3,(H,12,15)/t8-,9-/m1/s1. The van der Waals surface area contributed by atoms with E-state index >= 15 is 0 Å². The number of carbonyl (C=O) groups is 1. The van der Waals surface area contributed by atoms with Gasteiger partial charge in [-0.1, -0.05) is 12.8 Å². The normalized spacial score (nSPS) is 29.7. The molecular weight excluding hydrogens is 192 g/mol. The molecule has 1 saturated heterocycles. The van der Waals surface area contributed by atoms with Gasteiger partial charge >= 0.3 is 6.03 Å². The molecule has 2 rings (SSSR count). The largest absolute Gasteiger partial charge is 0.494 e. The number of allylic oxidation sites excluding steroid dienone is 1. The van der Waals surface area contributed by atoms with Crippen LogP contribution in [0, 0.1) is 0 Å². The summed E-state index contributed by atoms with van der Waals surface area (Å²) in [7, 11) is 0. The summed E-state index contributed by atoms with van der Waals surface area (Å²) < 4.78 is 0. The summed E-state index contributed by atoms with van der Waals surface area (Å²) in [6, 6.07) is 0.236. The molecule has 0 bridgehead atoms. The van der Waals surface area contributed by atoms with Crippen LogP contribution in [0.5, 0.6) is 0 Å². The lowest BCUT2D eigenvalue weighted by molar-refractivity contribution is 0.162. The van der Waals surface area contributed by atoms with Crippen molar-refractivity contribution < 1.29 is 9.90 Å². The van der Waals surface area contributed by atoms with E-state index in [1.54, 1.807) is 0 Å². The Balaban J connectivity index is 2.24. The fourth-order valence-electron chi connectivity index (χ4n) is 2.46. The van der Waals surface area contributed by atoms with Crippen molar-refractivity contribution in [3.8, 4) is 0 Å². The molecular formula is C11H18N2O2. The monoisotopic (exact) mass is 210 g/mol. The van der Waals surface area contributed by atoms with E-state index in [0.717, 1.165) is 24.8 Å². The lowest BCUT2D eigenvalue weighted by atomic mass is 9.91. The van der Waals surface area contributed by atoms with Gasteiger partial charge < -0.3 is 10.4 Å². The van der Waals surface area contributed by atoms with E-state index in [1.807, 2.05) is 13.8 Å². The molecule has 0 unspecified atom stereocenters. The molecule has 4 heteroatoms. The third-order valence-corrected chi connectivity index (χ3v) is 3.26. The number of nitrogens with one attached hydrogen (secondary N) is 1. The predicted octanol–water partition coefficient (Wildman–Crippen LogP) is 2.13. The first kappa shape index (κ1) is 10.3. The summed E-state index contributed by atoms with van der Waals surface area (Å²) in [5.41, 5.74) is 0.788. The van der Waals surface area contributed by atoms with Crippen LogP contribution < -0.4 is 5.32 Å². The SMILES string of the molecule is CC(C)=C(O)N1C(=O)N[C@@H]2CCCC[C@H]21. The Morgan fingerprint density at radius 2 is 2.07 bits per heavy atom. The minimum absolute atomic E-state index is 0.127. The lowest BCUT2D eigenvalue weighted by Gasteiger charge is -2.29. The first-order valence-corrected chi connectivity index (χ1v) is 5.57. The van der Waals surface area contributed by atoms with Gasteiger partial charge in [0.25, 0.3) is 0 Å². The quantitative estimate of drug-likeness (QED) is 0.651. The van der Waals surface area contributed by atoms with Gasteiger partial charge in [0.1, 0.15) is 0 Å². The number of amides is 2. The first-order chi connectivity index (χ1) is 7.11. The molecule has 1 heterocycles. The second-order valence-corrected chi connectivity index (χ2v) is 4.60. The van der Waals surface area contributed by atoms with Gasteiger partial charge in [-0.05, 0) is 32.3 Å². The maximum atomic E-state index is 11.7. The smallest absolute Gasteiger partial charge is 0.324 e. The number of aliphatic hydroxyl groups is 1. The number of fused-ring (bicyclic) bond motifs is 1. The highest BCUT2D eigenvalue weighted by atomic mass is 16.3. The minimum Gasteiger partial charge on any atom is -0.494 e. The Bertz CT molecular complexity index is 308. The molecule has 2 fully saturated rings. The van der Waals surface area contributed by atoms with Gasteiger partial charge in [-0.3, -0.25) is 4.90 Å². The Hall–Kier alpha value is -1.19. The van der Waals surface area contributed by atoms with Crippen molar-refractivity contribution in [2.45, 2.75) is 51.6 Å². The van der Waals surface area contributed by atoms with E-state index in [-0.39, 0.29) is 24.0 Å². The van der Waals surface area contributed by atoms with Crippen LogP contribution in [0.2, 0.25) is 0 Å². The molecule has 84 valence electrons. The molecule has 0 aromatic rings. The molecule has 2 atom stereocenters. The molecule has 4 nitrogen and oxygen atoms in total. The fourth-order valence-corrected chi connectivity index (χ4v) is 2.46. The summed E-state index contributed by atoms with van der Waals surface area (Å²) in [5.74, 6) is 0.127. The Morgan fingerprint density at radius 3 is 2.73 bits per heavy atom. The van der Waals surface area contributed by atoms with Crippen LogP contribution in [0.1, 0.15) is 39.5 Å². The summed E-state index contributed by atoms with van der Waals surface area (Å²) in [4.78, 5) is 13.2. The van der Waals surface area contributed by atoms with Crippen molar-refractivity contribution in [2.24, 2.45) is 0 Å². The first-order valence-electron chi connectivity index (χ1n) is 5.57. The molecule has 2 N–H and O–H groups in total. The van der Waals surface area contributed by atoms with E-state index in [9.17, 15) is 9.90 Å². The highest BCUT2D eigenvalue weighted by Crippen LogP contribution is 2.30. The van der Waals surface area contributed by atoms with Crippen LogP contribution in [-0.4, -0.2) is 28.1 Å². The van der Waals surface area contributed by atoms with Gasteiger partial charge in [0.05, 0.1) is 12.1 Å². The van der Waals surface area contributed by atoms with Gasteiger partial charge in [-0.25, -0.2) is 4.79 Å². The van der Waals surface area contributed by atoms with Crippen LogP contribution in [0.25, 0.3) is 0 Å². The van der Waals surface area contributed by atoms with Crippen LogP contribution in [0.15, 0.2) is 11.5 Å². The van der Waals surface area contributed by atoms with Gasteiger partial charge in [-0.2, -0.15) is 0 Å². The highest BCUT2D eigenvalue weighted by Gasteiger charge is 2.42. The predicted molar refractivity (Wildman–Crippen MR) is 57.4 cm³/mol. The number of rotatable bonds is 1. The maximum absolute atomic E-state index is 11.7. The van der Waals surface area contributed by atoms with Crippen molar-refractivity contribution in [3.63, 3.8) is 0 Å². The molecule has 2 amide bonds. The number of carbonyl (C=O) groups excluding carboxylic acids is 1. The number of urea groups is 1. The Morgan fingerprint density at radius 1 is 1.40 bits per heavy atom. The molecule has 1 saturated carbocycles. The molecule has 0 radical (unpaired) electrons. The Kier molecular flexibility index (Phi) is 2.59. The van der Waals surface area contributed by atoms with Crippen molar-refractivity contribution in [3.05, 3.63) is 11.5 Å². The van der Waals surface area contributed by atoms with Crippen LogP contribution in [0.3, 0.4) is 0 Å². The zero-order chi connectivity index (χ0) is 11.0. The average molecular weight is 210 g/mol. The van der Waals surface area contributed by atoms with E-state index in [0.29, 0.717) is 0 Å². The third-order valence-electron chi connectivity index (χ3n) is 3.26. The number of nitrogens with zero attached hydrogens (tertiary/aromatic N) is 1. The van der Waals surface area contributed by atoms with Crippen LogP contribution >= 0.6 is 0 Å². The van der Waals surface area contributed by atoms with Crippen LogP contribution in [-0.2, 0) is 0 Å².